The minimum atomic E-state index is -0.622. The molecule has 1 aliphatic rings. The average molecular weight is 440 g/mol. The summed E-state index contributed by atoms with van der Waals surface area (Å²) in [6, 6.07) is 14.0. The third-order valence-corrected chi connectivity index (χ3v) is 5.54. The molecule has 0 spiro atoms. The van der Waals surface area contributed by atoms with Gasteiger partial charge in [0, 0.05) is 31.8 Å². The van der Waals surface area contributed by atoms with Crippen molar-refractivity contribution in [3.05, 3.63) is 71.6 Å². The van der Waals surface area contributed by atoms with Crippen molar-refractivity contribution in [2.75, 3.05) is 20.2 Å². The number of benzene rings is 2. The average Bonchev–Trinajstić information content (AvgIpc) is 2.80. The standard InChI is InChI=1S/C25H30FN3O3/c1-18(27-24(30)11-9-19-6-4-3-5-7-19)25(31)28-21-12-14-29(15-13-21)17-20-8-10-23(32-2)22(26)16-20/h3-11,16,18,21H,12-15,17H2,1-2H3,(H,27,30)(H,28,31). The van der Waals surface area contributed by atoms with E-state index < -0.39 is 6.04 Å². The smallest absolute Gasteiger partial charge is 0.244 e. The van der Waals surface area contributed by atoms with Crippen LogP contribution in [0, 0.1) is 5.82 Å². The Balaban J connectivity index is 1.40. The molecule has 1 heterocycles. The van der Waals surface area contributed by atoms with Gasteiger partial charge in [-0.1, -0.05) is 36.4 Å². The molecular weight excluding hydrogens is 409 g/mol. The number of hydrogen-bond acceptors (Lipinski definition) is 4. The largest absolute Gasteiger partial charge is 0.494 e. The molecule has 1 unspecified atom stereocenters. The van der Waals surface area contributed by atoms with E-state index in [4.69, 9.17) is 4.74 Å². The van der Waals surface area contributed by atoms with Crippen LogP contribution in [0.2, 0.25) is 0 Å². The van der Waals surface area contributed by atoms with Gasteiger partial charge in [-0.2, -0.15) is 0 Å². The van der Waals surface area contributed by atoms with E-state index in [0.29, 0.717) is 6.54 Å². The van der Waals surface area contributed by atoms with Gasteiger partial charge < -0.3 is 15.4 Å². The number of methoxy groups -OCH3 is 1. The van der Waals surface area contributed by atoms with Crippen LogP contribution in [0.3, 0.4) is 0 Å². The van der Waals surface area contributed by atoms with Crippen molar-refractivity contribution >= 4 is 17.9 Å². The van der Waals surface area contributed by atoms with E-state index in [1.807, 2.05) is 36.4 Å². The highest BCUT2D eigenvalue weighted by Gasteiger charge is 2.23. The monoisotopic (exact) mass is 439 g/mol. The van der Waals surface area contributed by atoms with Crippen LogP contribution in [-0.4, -0.2) is 49.0 Å². The van der Waals surface area contributed by atoms with Gasteiger partial charge in [0.15, 0.2) is 11.6 Å². The third-order valence-electron chi connectivity index (χ3n) is 5.54. The number of ether oxygens (including phenoxy) is 1. The van der Waals surface area contributed by atoms with Crippen LogP contribution in [0.4, 0.5) is 4.39 Å². The summed E-state index contributed by atoms with van der Waals surface area (Å²) in [4.78, 5) is 26.8. The lowest BCUT2D eigenvalue weighted by molar-refractivity contribution is -0.127. The normalized spacial score (nSPS) is 16.0. The molecule has 1 aliphatic heterocycles. The Hall–Kier alpha value is -3.19. The van der Waals surface area contributed by atoms with E-state index in [1.54, 1.807) is 19.1 Å². The van der Waals surface area contributed by atoms with Crippen molar-refractivity contribution < 1.29 is 18.7 Å². The zero-order chi connectivity index (χ0) is 22.9. The van der Waals surface area contributed by atoms with Gasteiger partial charge >= 0.3 is 0 Å². The van der Waals surface area contributed by atoms with Crippen LogP contribution in [0.5, 0.6) is 5.75 Å². The molecule has 0 aliphatic carbocycles. The van der Waals surface area contributed by atoms with E-state index in [0.717, 1.165) is 37.1 Å². The summed E-state index contributed by atoms with van der Waals surface area (Å²) < 4.78 is 18.8. The minimum absolute atomic E-state index is 0.0607. The van der Waals surface area contributed by atoms with E-state index in [9.17, 15) is 14.0 Å². The summed E-state index contributed by atoms with van der Waals surface area (Å²) >= 11 is 0. The third kappa shape index (κ3) is 6.92. The molecule has 0 saturated carbocycles. The Morgan fingerprint density at radius 1 is 1.19 bits per heavy atom. The maximum atomic E-state index is 13.9. The Labute approximate surface area is 188 Å². The molecule has 3 rings (SSSR count). The summed E-state index contributed by atoms with van der Waals surface area (Å²) in [5.41, 5.74) is 1.81. The maximum absolute atomic E-state index is 13.9. The lowest BCUT2D eigenvalue weighted by atomic mass is 10.0. The van der Waals surface area contributed by atoms with Crippen LogP contribution in [0.15, 0.2) is 54.6 Å². The fourth-order valence-corrected chi connectivity index (χ4v) is 3.69. The van der Waals surface area contributed by atoms with Crippen molar-refractivity contribution in [3.63, 3.8) is 0 Å². The highest BCUT2D eigenvalue weighted by molar-refractivity contribution is 5.95. The van der Waals surface area contributed by atoms with Crippen LogP contribution < -0.4 is 15.4 Å². The van der Waals surface area contributed by atoms with Crippen molar-refractivity contribution in [1.29, 1.82) is 0 Å². The Morgan fingerprint density at radius 2 is 1.91 bits per heavy atom. The van der Waals surface area contributed by atoms with Crippen molar-refractivity contribution in [2.45, 2.75) is 38.4 Å². The number of piperidine rings is 1. The van der Waals surface area contributed by atoms with Crippen LogP contribution >= 0.6 is 0 Å². The van der Waals surface area contributed by atoms with Crippen molar-refractivity contribution in [3.8, 4) is 5.75 Å². The highest BCUT2D eigenvalue weighted by Crippen LogP contribution is 2.20. The SMILES string of the molecule is COc1ccc(CN2CCC(NC(=O)C(C)NC(=O)C=Cc3ccccc3)CC2)cc1F. The quantitative estimate of drug-likeness (QED) is 0.620. The fraction of sp³-hybridized carbons (Fsp3) is 0.360. The zero-order valence-electron chi connectivity index (χ0n) is 18.5. The Bertz CT molecular complexity index is 941. The first-order valence-electron chi connectivity index (χ1n) is 10.8. The number of rotatable bonds is 8. The number of nitrogens with one attached hydrogen (secondary N) is 2. The molecule has 1 atom stereocenters. The molecule has 0 radical (unpaired) electrons. The molecule has 170 valence electrons. The summed E-state index contributed by atoms with van der Waals surface area (Å²) in [5, 5.41) is 5.73. The zero-order valence-corrected chi connectivity index (χ0v) is 18.5. The highest BCUT2D eigenvalue weighted by atomic mass is 19.1. The number of nitrogens with zero attached hydrogens (tertiary/aromatic N) is 1. The second-order valence-electron chi connectivity index (χ2n) is 8.00. The van der Waals surface area contributed by atoms with Crippen molar-refractivity contribution in [1.82, 2.24) is 15.5 Å². The number of likely N-dealkylation sites (tertiary alicyclic amines) is 1. The van der Waals surface area contributed by atoms with Gasteiger partial charge in [0.05, 0.1) is 7.11 Å². The topological polar surface area (TPSA) is 70.7 Å². The molecule has 0 bridgehead atoms. The van der Waals surface area contributed by atoms with Gasteiger partial charge in [0.2, 0.25) is 11.8 Å². The molecule has 32 heavy (non-hydrogen) atoms. The molecule has 2 aromatic carbocycles. The van der Waals surface area contributed by atoms with Gasteiger partial charge in [-0.3, -0.25) is 14.5 Å². The lowest BCUT2D eigenvalue weighted by Gasteiger charge is -2.33. The Morgan fingerprint density at radius 3 is 2.56 bits per heavy atom. The van der Waals surface area contributed by atoms with Gasteiger partial charge in [-0.25, -0.2) is 4.39 Å². The predicted octanol–water partition coefficient (Wildman–Crippen LogP) is 3.13. The second kappa shape index (κ2) is 11.4. The van der Waals surface area contributed by atoms with Crippen molar-refractivity contribution in [2.24, 2.45) is 0 Å². The lowest BCUT2D eigenvalue weighted by Crippen LogP contribution is -2.50. The van der Waals surface area contributed by atoms with Crippen LogP contribution in [0.1, 0.15) is 30.9 Å². The molecule has 0 aromatic heterocycles. The molecule has 2 N–H and O–H groups in total. The number of carbonyl (C=O) groups excluding carboxylic acids is 2. The summed E-state index contributed by atoms with van der Waals surface area (Å²) in [6.07, 6.45) is 4.75. The molecule has 6 nitrogen and oxygen atoms in total. The first kappa shape index (κ1) is 23.5. The summed E-state index contributed by atoms with van der Waals surface area (Å²) in [7, 11) is 1.45. The first-order chi connectivity index (χ1) is 15.4. The first-order valence-corrected chi connectivity index (χ1v) is 10.8. The minimum Gasteiger partial charge on any atom is -0.494 e. The van der Waals surface area contributed by atoms with Gasteiger partial charge in [-0.05, 0) is 49.1 Å². The molecule has 7 heteroatoms. The molecular formula is C25H30FN3O3. The molecule has 1 fully saturated rings. The van der Waals surface area contributed by atoms with Gasteiger partial charge in [0.1, 0.15) is 6.04 Å². The van der Waals surface area contributed by atoms with Gasteiger partial charge in [0.25, 0.3) is 0 Å². The summed E-state index contributed by atoms with van der Waals surface area (Å²) in [5.74, 6) is -0.617. The van der Waals surface area contributed by atoms with E-state index >= 15 is 0 Å². The number of hydrogen-bond donors (Lipinski definition) is 2. The van der Waals surface area contributed by atoms with E-state index in [-0.39, 0.29) is 29.4 Å². The van der Waals surface area contributed by atoms with E-state index in [1.165, 1.54) is 19.3 Å². The maximum Gasteiger partial charge on any atom is 0.244 e. The fourth-order valence-electron chi connectivity index (χ4n) is 3.69. The van der Waals surface area contributed by atoms with Crippen LogP contribution in [0.25, 0.3) is 6.08 Å². The predicted molar refractivity (Wildman–Crippen MR) is 122 cm³/mol. The molecule has 1 saturated heterocycles. The number of carbonyl (C=O) groups is 2. The molecule has 2 amide bonds. The van der Waals surface area contributed by atoms with E-state index in [2.05, 4.69) is 15.5 Å². The number of halogens is 1. The van der Waals surface area contributed by atoms with Crippen LogP contribution in [-0.2, 0) is 16.1 Å². The van der Waals surface area contributed by atoms with Gasteiger partial charge in [-0.15, -0.1) is 0 Å². The second-order valence-corrected chi connectivity index (χ2v) is 8.00. The Kier molecular flexibility index (Phi) is 8.39. The summed E-state index contributed by atoms with van der Waals surface area (Å²) in [6.45, 7) is 3.94. The molecule has 2 aromatic rings. The number of amides is 2.